The number of aliphatic hydroxyl groups excluding tert-OH is 1. The molecule has 1 spiro atoms. The van der Waals surface area contributed by atoms with Gasteiger partial charge in [0.15, 0.2) is 0 Å². The molecule has 0 aromatic heterocycles. The minimum absolute atomic E-state index is 0.0403. The fourth-order valence-electron chi connectivity index (χ4n) is 7.05. The summed E-state index contributed by atoms with van der Waals surface area (Å²) in [4.78, 5) is 43.6. The van der Waals surface area contributed by atoms with Crippen LogP contribution in [0.2, 0.25) is 0 Å². The van der Waals surface area contributed by atoms with E-state index in [0.29, 0.717) is 31.0 Å². The SMILES string of the molecule is CCCCNC(=O)C1N([C@@H](CO)[C@@H](C)CC)C(=O)[C@@H]2[C@@H](C(=O)Nc3ccc(OCC)cc3)[C@]3(C)OC12CC3C. The number of hydrogen-bond donors (Lipinski definition) is 3. The molecule has 3 unspecified atom stereocenters. The number of unbranched alkanes of at least 4 members (excludes halogenated alkanes) is 1. The number of carbonyl (C=O) groups excluding carboxylic acids is 3. The van der Waals surface area contributed by atoms with E-state index in [4.69, 9.17) is 9.47 Å². The number of benzene rings is 1. The molecule has 39 heavy (non-hydrogen) atoms. The van der Waals surface area contributed by atoms with E-state index in [9.17, 15) is 19.5 Å². The molecule has 3 aliphatic heterocycles. The van der Waals surface area contributed by atoms with Crippen LogP contribution in [0.3, 0.4) is 0 Å². The molecule has 3 N–H and O–H groups in total. The molecule has 4 rings (SSSR count). The first-order valence-corrected chi connectivity index (χ1v) is 14.5. The van der Waals surface area contributed by atoms with Gasteiger partial charge in [0.1, 0.15) is 17.4 Å². The van der Waals surface area contributed by atoms with Crippen molar-refractivity contribution >= 4 is 23.4 Å². The van der Waals surface area contributed by atoms with Crippen molar-refractivity contribution in [3.8, 4) is 5.75 Å². The van der Waals surface area contributed by atoms with E-state index in [1.807, 2.05) is 34.6 Å². The highest BCUT2D eigenvalue weighted by atomic mass is 16.5. The average Bonchev–Trinajstić information content (AvgIpc) is 3.42. The number of rotatable bonds is 12. The van der Waals surface area contributed by atoms with Crippen LogP contribution >= 0.6 is 0 Å². The fraction of sp³-hybridized carbons (Fsp3) is 0.700. The van der Waals surface area contributed by atoms with Gasteiger partial charge in [-0.25, -0.2) is 0 Å². The lowest BCUT2D eigenvalue weighted by Gasteiger charge is -2.39. The van der Waals surface area contributed by atoms with Crippen LogP contribution in [-0.4, -0.2) is 70.8 Å². The van der Waals surface area contributed by atoms with Crippen molar-refractivity contribution in [3.05, 3.63) is 24.3 Å². The van der Waals surface area contributed by atoms with E-state index < -0.39 is 35.1 Å². The van der Waals surface area contributed by atoms with E-state index >= 15 is 0 Å². The van der Waals surface area contributed by atoms with E-state index in [2.05, 4.69) is 17.6 Å². The van der Waals surface area contributed by atoms with E-state index in [-0.39, 0.29) is 36.2 Å². The summed E-state index contributed by atoms with van der Waals surface area (Å²) < 4.78 is 12.3. The van der Waals surface area contributed by atoms with Gasteiger partial charge in [0.05, 0.1) is 36.7 Å². The van der Waals surface area contributed by atoms with Crippen LogP contribution in [-0.2, 0) is 19.1 Å². The maximum absolute atomic E-state index is 14.3. The lowest BCUT2D eigenvalue weighted by atomic mass is 9.62. The maximum atomic E-state index is 14.3. The zero-order valence-electron chi connectivity index (χ0n) is 24.2. The Kier molecular flexibility index (Phi) is 8.61. The highest BCUT2D eigenvalue weighted by molar-refractivity contribution is 6.02. The number of fused-ring (bicyclic) bond motifs is 1. The molecule has 9 nitrogen and oxygen atoms in total. The maximum Gasteiger partial charge on any atom is 0.245 e. The number of hydrogen-bond acceptors (Lipinski definition) is 6. The van der Waals surface area contributed by atoms with Gasteiger partial charge in [-0.3, -0.25) is 14.4 Å². The molecule has 9 heteroatoms. The van der Waals surface area contributed by atoms with Crippen molar-refractivity contribution in [1.82, 2.24) is 10.2 Å². The van der Waals surface area contributed by atoms with Gasteiger partial charge in [-0.2, -0.15) is 0 Å². The predicted molar refractivity (Wildman–Crippen MR) is 148 cm³/mol. The molecule has 0 radical (unpaired) electrons. The second-order valence-electron chi connectivity index (χ2n) is 11.7. The van der Waals surface area contributed by atoms with Gasteiger partial charge in [0.25, 0.3) is 0 Å². The number of amides is 3. The smallest absolute Gasteiger partial charge is 0.245 e. The predicted octanol–water partition coefficient (Wildman–Crippen LogP) is 3.36. The summed E-state index contributed by atoms with van der Waals surface area (Å²) >= 11 is 0. The Morgan fingerprint density at radius 3 is 2.49 bits per heavy atom. The summed E-state index contributed by atoms with van der Waals surface area (Å²) in [5.74, 6) is -1.85. The lowest BCUT2D eigenvalue weighted by Crippen LogP contribution is -2.59. The highest BCUT2D eigenvalue weighted by Crippen LogP contribution is 2.65. The summed E-state index contributed by atoms with van der Waals surface area (Å²) in [6.07, 6.45) is 2.97. The Balaban J connectivity index is 1.72. The molecule has 1 aromatic carbocycles. The third kappa shape index (κ3) is 4.82. The Hall–Kier alpha value is -2.65. The Bertz CT molecular complexity index is 1060. The van der Waals surface area contributed by atoms with Gasteiger partial charge in [-0.05, 0) is 62.8 Å². The van der Waals surface area contributed by atoms with Crippen LogP contribution in [0.25, 0.3) is 0 Å². The number of anilines is 1. The quantitative estimate of drug-likeness (QED) is 0.348. The lowest BCUT2D eigenvalue weighted by molar-refractivity contribution is -0.151. The number of ether oxygens (including phenoxy) is 2. The highest BCUT2D eigenvalue weighted by Gasteiger charge is 2.80. The molecule has 1 aromatic rings. The Labute approximate surface area is 232 Å². The van der Waals surface area contributed by atoms with Gasteiger partial charge in [-0.15, -0.1) is 0 Å². The third-order valence-corrected chi connectivity index (χ3v) is 9.39. The minimum atomic E-state index is -1.14. The number of nitrogens with zero attached hydrogens (tertiary/aromatic N) is 1. The molecule has 8 atom stereocenters. The number of nitrogens with one attached hydrogen (secondary N) is 2. The van der Waals surface area contributed by atoms with Crippen LogP contribution in [0.4, 0.5) is 5.69 Å². The second-order valence-corrected chi connectivity index (χ2v) is 11.7. The minimum Gasteiger partial charge on any atom is -0.494 e. The monoisotopic (exact) mass is 543 g/mol. The molecule has 216 valence electrons. The largest absolute Gasteiger partial charge is 0.494 e. The van der Waals surface area contributed by atoms with E-state index in [1.54, 1.807) is 29.2 Å². The zero-order chi connectivity index (χ0) is 28.5. The molecule has 3 heterocycles. The van der Waals surface area contributed by atoms with Gasteiger partial charge >= 0.3 is 0 Å². The second kappa shape index (κ2) is 11.5. The van der Waals surface area contributed by atoms with Crippen LogP contribution in [0.15, 0.2) is 24.3 Å². The normalized spacial score (nSPS) is 32.6. The van der Waals surface area contributed by atoms with Crippen molar-refractivity contribution in [2.75, 3.05) is 25.1 Å². The summed E-state index contributed by atoms with van der Waals surface area (Å²) in [6.45, 7) is 12.6. The first-order valence-electron chi connectivity index (χ1n) is 14.5. The van der Waals surface area contributed by atoms with Crippen molar-refractivity contribution in [1.29, 1.82) is 0 Å². The Morgan fingerprint density at radius 1 is 1.21 bits per heavy atom. The summed E-state index contributed by atoms with van der Waals surface area (Å²) in [6, 6.07) is 5.67. The first kappa shape index (κ1) is 29.3. The third-order valence-electron chi connectivity index (χ3n) is 9.39. The van der Waals surface area contributed by atoms with Crippen LogP contribution in [0, 0.1) is 23.7 Å². The standard InChI is InChI=1S/C30H45N3O6/c1-7-10-15-31-27(36)25-30-16-19(5)29(6,39-30)23(24(30)28(37)33(25)22(17-34)18(4)8-2)26(35)32-20-11-13-21(14-12-20)38-9-3/h11-14,18-19,22-25,34H,7-10,15-17H2,1-6H3,(H,31,36)(H,32,35)/t18-,19?,22-,23-,24-,25?,29+,30?/m0/s1. The van der Waals surface area contributed by atoms with E-state index in [1.165, 1.54) is 0 Å². The summed E-state index contributed by atoms with van der Waals surface area (Å²) in [5.41, 5.74) is -1.45. The number of aliphatic hydroxyl groups is 1. The molecule has 3 aliphatic rings. The molecule has 3 amide bonds. The molecule has 2 bridgehead atoms. The van der Waals surface area contributed by atoms with Crippen LogP contribution in [0.1, 0.15) is 67.2 Å². The molecular formula is C30H45N3O6. The number of likely N-dealkylation sites (tertiary alicyclic amines) is 1. The van der Waals surface area contributed by atoms with Gasteiger partial charge in [0, 0.05) is 12.2 Å². The molecule has 0 aliphatic carbocycles. The van der Waals surface area contributed by atoms with Crippen LogP contribution < -0.4 is 15.4 Å². The molecule has 3 saturated heterocycles. The number of carbonyl (C=O) groups is 3. The van der Waals surface area contributed by atoms with Gasteiger partial charge in [0.2, 0.25) is 17.7 Å². The van der Waals surface area contributed by atoms with Crippen LogP contribution in [0.5, 0.6) is 5.75 Å². The fourth-order valence-corrected chi connectivity index (χ4v) is 7.05. The van der Waals surface area contributed by atoms with Crippen molar-refractivity contribution < 1.29 is 29.0 Å². The van der Waals surface area contributed by atoms with Crippen molar-refractivity contribution in [2.45, 2.75) is 90.5 Å². The van der Waals surface area contributed by atoms with Gasteiger partial charge < -0.3 is 30.1 Å². The topological polar surface area (TPSA) is 117 Å². The Morgan fingerprint density at radius 2 is 1.90 bits per heavy atom. The van der Waals surface area contributed by atoms with Crippen molar-refractivity contribution in [3.63, 3.8) is 0 Å². The van der Waals surface area contributed by atoms with Crippen molar-refractivity contribution in [2.24, 2.45) is 23.7 Å². The van der Waals surface area contributed by atoms with Gasteiger partial charge in [-0.1, -0.05) is 40.5 Å². The molecule has 3 fully saturated rings. The summed E-state index contributed by atoms with van der Waals surface area (Å²) in [7, 11) is 0. The first-order chi connectivity index (χ1) is 18.6. The molecule has 0 saturated carbocycles. The average molecular weight is 544 g/mol. The molecular weight excluding hydrogens is 498 g/mol. The summed E-state index contributed by atoms with van der Waals surface area (Å²) in [5, 5.41) is 16.4. The van der Waals surface area contributed by atoms with E-state index in [0.717, 1.165) is 19.3 Å². The zero-order valence-corrected chi connectivity index (χ0v) is 24.2.